The maximum Gasteiger partial charge on any atom is 0.315 e. The zero-order valence-corrected chi connectivity index (χ0v) is 31.8. The summed E-state index contributed by atoms with van der Waals surface area (Å²) < 4.78 is 7.49. The monoisotopic (exact) mass is 745 g/mol. The van der Waals surface area contributed by atoms with Crippen LogP contribution in [0, 0.1) is 5.92 Å². The molecule has 0 radical (unpaired) electrons. The number of amides is 5. The van der Waals surface area contributed by atoms with Gasteiger partial charge in [-0.25, -0.2) is 9.78 Å². The van der Waals surface area contributed by atoms with Crippen molar-refractivity contribution in [2.75, 3.05) is 6.54 Å². The molecule has 1 saturated heterocycles. The molecule has 2 saturated carbocycles. The van der Waals surface area contributed by atoms with Gasteiger partial charge in [-0.2, -0.15) is 0 Å². The fourth-order valence-electron chi connectivity index (χ4n) is 7.23. The van der Waals surface area contributed by atoms with Gasteiger partial charge >= 0.3 is 6.03 Å². The standard InChI is InChI=1S/C39H51N7O6S/c1-5-11-27(33(47)36(49)41-24-15-16-24)43-35(48)30-20-25(52-31-21-29(26-14-9-10-18-40-26)42-28-17-19-53-34(28)31)22-46(30)37(50)32(23-12-7-6-8-13-23)44-38(51)45-39(2,3)4/h9-10,14,17-19,21,23-25,27,30,32H,5-8,11-13,15-16,20,22H2,1-4H3,(H,41,49)(H,43,48)(H2,44,45,51)/t25-,27+,30+,32+/m1/s1. The summed E-state index contributed by atoms with van der Waals surface area (Å²) in [6.07, 6.45) is 8.18. The quantitative estimate of drug-likeness (QED) is 0.179. The number of aromatic nitrogens is 2. The highest BCUT2D eigenvalue weighted by atomic mass is 32.1. The van der Waals surface area contributed by atoms with E-state index >= 15 is 0 Å². The zero-order valence-electron chi connectivity index (χ0n) is 31.0. The lowest BCUT2D eigenvalue weighted by Crippen LogP contribution is -2.60. The average Bonchev–Trinajstić information content (AvgIpc) is 3.63. The number of hydrogen-bond donors (Lipinski definition) is 4. The summed E-state index contributed by atoms with van der Waals surface area (Å²) in [5.74, 6) is -1.87. The van der Waals surface area contributed by atoms with Gasteiger partial charge in [-0.1, -0.05) is 38.7 Å². The first-order chi connectivity index (χ1) is 25.4. The lowest BCUT2D eigenvalue weighted by atomic mass is 9.83. The van der Waals surface area contributed by atoms with Crippen LogP contribution >= 0.6 is 11.3 Å². The molecule has 4 atom stereocenters. The molecule has 0 bridgehead atoms. The van der Waals surface area contributed by atoms with E-state index in [1.165, 1.54) is 16.2 Å². The summed E-state index contributed by atoms with van der Waals surface area (Å²) in [6, 6.07) is 5.94. The van der Waals surface area contributed by atoms with E-state index in [0.717, 1.165) is 55.2 Å². The molecule has 5 amide bonds. The lowest BCUT2D eigenvalue weighted by molar-refractivity contribution is -0.143. The van der Waals surface area contributed by atoms with E-state index in [-0.39, 0.29) is 37.3 Å². The summed E-state index contributed by atoms with van der Waals surface area (Å²) in [4.78, 5) is 79.1. The molecule has 14 heteroatoms. The topological polar surface area (TPSA) is 172 Å². The van der Waals surface area contributed by atoms with Gasteiger partial charge in [-0.05, 0) is 82.4 Å². The van der Waals surface area contributed by atoms with Gasteiger partial charge in [0.2, 0.25) is 17.6 Å². The molecule has 3 aromatic heterocycles. The third-order valence-corrected chi connectivity index (χ3v) is 10.9. The van der Waals surface area contributed by atoms with Gasteiger partial charge in [0.05, 0.1) is 34.2 Å². The molecule has 0 unspecified atom stereocenters. The SMILES string of the molecule is CCC[C@H](NC(=O)[C@@H]1C[C@@H](Oc2cc(-c3ccccn3)nc3ccsc23)CN1C(=O)[C@@H](NC(=O)NC(C)(C)C)C1CCCCC1)C(=O)C(=O)NC1CC1. The number of fused-ring (bicyclic) bond motifs is 1. The number of ether oxygens (including phenoxy) is 1. The van der Waals surface area contributed by atoms with Crippen LogP contribution in [0.3, 0.4) is 0 Å². The number of nitrogens with one attached hydrogen (secondary N) is 4. The number of Topliss-reactive ketones (excluding diaryl/α,β-unsaturated/α-hetero) is 1. The minimum atomic E-state index is -1.04. The van der Waals surface area contributed by atoms with Crippen molar-refractivity contribution >= 4 is 51.1 Å². The van der Waals surface area contributed by atoms with E-state index < -0.39 is 53.4 Å². The van der Waals surface area contributed by atoms with Crippen molar-refractivity contribution in [3.05, 3.63) is 41.9 Å². The van der Waals surface area contributed by atoms with Crippen molar-refractivity contribution in [2.45, 2.75) is 128 Å². The summed E-state index contributed by atoms with van der Waals surface area (Å²) >= 11 is 1.48. The summed E-state index contributed by atoms with van der Waals surface area (Å²) in [6.45, 7) is 7.56. The van der Waals surface area contributed by atoms with Crippen molar-refractivity contribution in [3.63, 3.8) is 0 Å². The maximum absolute atomic E-state index is 14.8. The summed E-state index contributed by atoms with van der Waals surface area (Å²) in [7, 11) is 0. The maximum atomic E-state index is 14.8. The molecule has 0 aromatic carbocycles. The first-order valence-electron chi connectivity index (χ1n) is 18.9. The number of nitrogens with zero attached hydrogens (tertiary/aromatic N) is 3. The highest BCUT2D eigenvalue weighted by molar-refractivity contribution is 7.17. The zero-order chi connectivity index (χ0) is 37.7. The Morgan fingerprint density at radius 2 is 1.77 bits per heavy atom. The number of likely N-dealkylation sites (tertiary alicyclic amines) is 1. The van der Waals surface area contributed by atoms with E-state index in [1.807, 2.05) is 63.4 Å². The predicted octanol–water partition coefficient (Wildman–Crippen LogP) is 4.89. The number of carbonyl (C=O) groups is 5. The van der Waals surface area contributed by atoms with Gasteiger partial charge in [-0.15, -0.1) is 11.3 Å². The number of pyridine rings is 2. The fraction of sp³-hybridized carbons (Fsp3) is 0.564. The van der Waals surface area contributed by atoms with E-state index in [2.05, 4.69) is 26.3 Å². The smallest absolute Gasteiger partial charge is 0.315 e. The first kappa shape index (κ1) is 38.1. The molecule has 4 heterocycles. The van der Waals surface area contributed by atoms with E-state index in [4.69, 9.17) is 9.72 Å². The van der Waals surface area contributed by atoms with Crippen LogP contribution in [0.1, 0.15) is 91.9 Å². The van der Waals surface area contributed by atoms with Crippen LogP contribution in [0.15, 0.2) is 41.9 Å². The van der Waals surface area contributed by atoms with Crippen molar-refractivity contribution in [1.29, 1.82) is 0 Å². The Balaban J connectivity index is 1.30. The summed E-state index contributed by atoms with van der Waals surface area (Å²) in [5, 5.41) is 13.4. The molecule has 3 aromatic rings. The fourth-order valence-corrected chi connectivity index (χ4v) is 8.02. The predicted molar refractivity (Wildman–Crippen MR) is 202 cm³/mol. The largest absolute Gasteiger partial charge is 0.487 e. The van der Waals surface area contributed by atoms with E-state index in [1.54, 1.807) is 6.20 Å². The van der Waals surface area contributed by atoms with Crippen LogP contribution in [0.5, 0.6) is 5.75 Å². The second-order valence-corrected chi connectivity index (χ2v) is 16.4. The highest BCUT2D eigenvalue weighted by Crippen LogP contribution is 2.36. The molecule has 284 valence electrons. The van der Waals surface area contributed by atoms with Gasteiger partial charge in [0, 0.05) is 30.3 Å². The Morgan fingerprint density at radius 3 is 2.45 bits per heavy atom. The Labute approximate surface area is 314 Å². The van der Waals surface area contributed by atoms with Crippen molar-refractivity contribution in [3.8, 4) is 17.1 Å². The number of urea groups is 1. The van der Waals surface area contributed by atoms with Gasteiger partial charge in [0.1, 0.15) is 23.9 Å². The molecular weight excluding hydrogens is 695 g/mol. The molecule has 3 aliphatic rings. The molecular formula is C39H51N7O6S. The van der Waals surface area contributed by atoms with Crippen LogP contribution in [0.2, 0.25) is 0 Å². The third-order valence-electron chi connectivity index (χ3n) is 9.96. The van der Waals surface area contributed by atoms with Crippen LogP contribution in [0.4, 0.5) is 4.79 Å². The molecule has 2 aliphatic carbocycles. The molecule has 4 N–H and O–H groups in total. The second kappa shape index (κ2) is 16.6. The molecule has 1 aliphatic heterocycles. The van der Waals surface area contributed by atoms with Crippen molar-refractivity contribution in [2.24, 2.45) is 5.92 Å². The molecule has 3 fully saturated rings. The van der Waals surface area contributed by atoms with E-state index in [0.29, 0.717) is 23.6 Å². The Bertz CT molecular complexity index is 1800. The number of carbonyl (C=O) groups excluding carboxylic acids is 5. The van der Waals surface area contributed by atoms with Crippen LogP contribution in [-0.4, -0.2) is 86.8 Å². The second-order valence-electron chi connectivity index (χ2n) is 15.5. The van der Waals surface area contributed by atoms with E-state index in [9.17, 15) is 24.0 Å². The molecule has 6 rings (SSSR count). The van der Waals surface area contributed by atoms with Gasteiger partial charge < -0.3 is 30.9 Å². The number of hydrogen-bond acceptors (Lipinski definition) is 9. The number of rotatable bonds is 13. The Morgan fingerprint density at radius 1 is 1.00 bits per heavy atom. The van der Waals surface area contributed by atoms with Crippen LogP contribution < -0.4 is 26.0 Å². The van der Waals surface area contributed by atoms with Crippen LogP contribution in [-0.2, 0) is 19.2 Å². The van der Waals surface area contributed by atoms with Crippen LogP contribution in [0.25, 0.3) is 21.6 Å². The summed E-state index contributed by atoms with van der Waals surface area (Å²) in [5.41, 5.74) is 1.52. The minimum absolute atomic E-state index is 0.00818. The van der Waals surface area contributed by atoms with Crippen molar-refractivity contribution in [1.82, 2.24) is 36.1 Å². The van der Waals surface area contributed by atoms with Gasteiger partial charge in [0.15, 0.2) is 0 Å². The molecule has 53 heavy (non-hydrogen) atoms. The lowest BCUT2D eigenvalue weighted by Gasteiger charge is -2.35. The molecule has 13 nitrogen and oxygen atoms in total. The molecule has 0 spiro atoms. The van der Waals surface area contributed by atoms with Crippen molar-refractivity contribution < 1.29 is 28.7 Å². The van der Waals surface area contributed by atoms with Gasteiger partial charge in [0.25, 0.3) is 5.91 Å². The Kier molecular flexibility index (Phi) is 12.0. The first-order valence-corrected chi connectivity index (χ1v) is 19.8. The highest BCUT2D eigenvalue weighted by Gasteiger charge is 2.46. The number of thiophene rings is 1. The Hall–Kier alpha value is -4.59. The average molecular weight is 746 g/mol. The van der Waals surface area contributed by atoms with Gasteiger partial charge in [-0.3, -0.25) is 24.2 Å². The third kappa shape index (κ3) is 9.70. The minimum Gasteiger partial charge on any atom is -0.487 e. The normalized spacial score (nSPS) is 20.3. The number of ketones is 1.